The van der Waals surface area contributed by atoms with Gasteiger partial charge in [0.1, 0.15) is 5.75 Å². The van der Waals surface area contributed by atoms with Gasteiger partial charge in [-0.1, -0.05) is 79.2 Å². The molecule has 3 aliphatic rings. The van der Waals surface area contributed by atoms with Crippen molar-refractivity contribution in [1.29, 1.82) is 0 Å². The summed E-state index contributed by atoms with van der Waals surface area (Å²) in [5, 5.41) is 12.0. The Balaban J connectivity index is 1.55. The van der Waals surface area contributed by atoms with Gasteiger partial charge in [0.25, 0.3) is 0 Å². The second-order valence-electron chi connectivity index (χ2n) is 10.8. The van der Waals surface area contributed by atoms with Gasteiger partial charge < -0.3 is 14.6 Å². The standard InChI is InChI=1S/C33H34O4/c1-36-27-17-15-24(16-18-27)29-28-14-8-9-20-33(28,35)37-31(25-12-6-3-7-13-25)32(29)21-19-26(30(32)34)22-23-10-4-2-5-11-23/h2-7,10-13,15-18,22,28-29,31,35H,8-9,14,19-21H2,1H3/b26-22+/t28-,29+,31+,32-,33-/m0/s1. The number of fused-ring (bicyclic) bond motifs is 1. The van der Waals surface area contributed by atoms with E-state index in [1.807, 2.05) is 78.9 Å². The Labute approximate surface area is 218 Å². The van der Waals surface area contributed by atoms with E-state index in [1.165, 1.54) is 0 Å². The average Bonchev–Trinajstić information content (AvgIpc) is 3.25. The first-order valence-electron chi connectivity index (χ1n) is 13.4. The Morgan fingerprint density at radius 1 is 0.892 bits per heavy atom. The second-order valence-corrected chi connectivity index (χ2v) is 10.8. The number of benzene rings is 3. The number of ketones is 1. The number of allylic oxidation sites excluding steroid dienone is 1. The molecule has 2 aliphatic carbocycles. The maximum Gasteiger partial charge on any atom is 0.169 e. The Bertz CT molecular complexity index is 1280. The Hall–Kier alpha value is -3.21. The molecule has 1 aliphatic heterocycles. The van der Waals surface area contributed by atoms with Gasteiger partial charge in [-0.25, -0.2) is 0 Å². The van der Waals surface area contributed by atoms with E-state index in [-0.39, 0.29) is 17.6 Å². The summed E-state index contributed by atoms with van der Waals surface area (Å²) in [6.45, 7) is 0. The van der Waals surface area contributed by atoms with Crippen molar-refractivity contribution < 1.29 is 19.4 Å². The lowest BCUT2D eigenvalue weighted by Crippen LogP contribution is -2.59. The first-order valence-corrected chi connectivity index (χ1v) is 13.4. The van der Waals surface area contributed by atoms with Gasteiger partial charge in [0.15, 0.2) is 11.6 Å². The van der Waals surface area contributed by atoms with Crippen molar-refractivity contribution in [2.24, 2.45) is 11.3 Å². The molecule has 1 heterocycles. The number of hydrogen-bond donors (Lipinski definition) is 1. The molecule has 0 aromatic heterocycles. The van der Waals surface area contributed by atoms with Crippen LogP contribution in [0.15, 0.2) is 90.5 Å². The first kappa shape index (κ1) is 24.1. The summed E-state index contributed by atoms with van der Waals surface area (Å²) in [6, 6.07) is 28.2. The topological polar surface area (TPSA) is 55.8 Å². The zero-order valence-corrected chi connectivity index (χ0v) is 21.3. The molecule has 4 heteroatoms. The van der Waals surface area contributed by atoms with E-state index in [2.05, 4.69) is 12.1 Å². The first-order chi connectivity index (χ1) is 18.0. The minimum atomic E-state index is -1.26. The number of rotatable bonds is 4. The molecule has 5 atom stereocenters. The second kappa shape index (κ2) is 9.59. The summed E-state index contributed by atoms with van der Waals surface area (Å²) >= 11 is 0. The summed E-state index contributed by atoms with van der Waals surface area (Å²) in [7, 11) is 1.66. The lowest BCUT2D eigenvalue weighted by Gasteiger charge is -2.58. The largest absolute Gasteiger partial charge is 0.497 e. The molecule has 2 saturated carbocycles. The highest BCUT2D eigenvalue weighted by molar-refractivity contribution is 6.07. The Morgan fingerprint density at radius 2 is 1.59 bits per heavy atom. The van der Waals surface area contributed by atoms with Crippen molar-refractivity contribution in [2.45, 2.75) is 56.3 Å². The predicted molar refractivity (Wildman–Crippen MR) is 144 cm³/mol. The van der Waals surface area contributed by atoms with Crippen LogP contribution >= 0.6 is 0 Å². The quantitative estimate of drug-likeness (QED) is 0.403. The maximum atomic E-state index is 14.7. The van der Waals surface area contributed by atoms with Gasteiger partial charge in [-0.2, -0.15) is 0 Å². The third kappa shape index (κ3) is 4.03. The number of carbonyl (C=O) groups excluding carboxylic acids is 1. The summed E-state index contributed by atoms with van der Waals surface area (Å²) in [5.41, 5.74) is 3.10. The molecule has 3 aromatic rings. The zero-order valence-electron chi connectivity index (χ0n) is 21.3. The third-order valence-electron chi connectivity index (χ3n) is 8.87. The molecule has 0 amide bonds. The number of ether oxygens (including phenoxy) is 2. The van der Waals surface area contributed by atoms with Crippen LogP contribution in [-0.2, 0) is 9.53 Å². The third-order valence-corrected chi connectivity index (χ3v) is 8.87. The molecule has 0 unspecified atom stereocenters. The lowest BCUT2D eigenvalue weighted by atomic mass is 9.55. The maximum absolute atomic E-state index is 14.7. The Morgan fingerprint density at radius 3 is 2.30 bits per heavy atom. The van der Waals surface area contributed by atoms with Gasteiger partial charge in [0, 0.05) is 18.3 Å². The van der Waals surface area contributed by atoms with E-state index in [9.17, 15) is 9.90 Å². The molecule has 1 N–H and O–H groups in total. The molecule has 1 saturated heterocycles. The van der Waals surface area contributed by atoms with Crippen LogP contribution in [0.25, 0.3) is 6.08 Å². The van der Waals surface area contributed by atoms with Crippen LogP contribution in [0.3, 0.4) is 0 Å². The summed E-state index contributed by atoms with van der Waals surface area (Å²) < 4.78 is 12.2. The molecule has 0 radical (unpaired) electrons. The van der Waals surface area contributed by atoms with Crippen molar-refractivity contribution in [3.05, 3.63) is 107 Å². The van der Waals surface area contributed by atoms with Crippen molar-refractivity contribution in [2.75, 3.05) is 7.11 Å². The highest BCUT2D eigenvalue weighted by Crippen LogP contribution is 2.67. The van der Waals surface area contributed by atoms with E-state index in [0.29, 0.717) is 19.3 Å². The molecule has 3 fully saturated rings. The molecular formula is C33H34O4. The number of Topliss-reactive ketones (excluding diaryl/α,β-unsaturated/α-hetero) is 1. The van der Waals surface area contributed by atoms with E-state index in [4.69, 9.17) is 9.47 Å². The van der Waals surface area contributed by atoms with Gasteiger partial charge in [0.05, 0.1) is 18.6 Å². The summed E-state index contributed by atoms with van der Waals surface area (Å²) in [4.78, 5) is 14.7. The lowest BCUT2D eigenvalue weighted by molar-refractivity contribution is -0.330. The number of hydrogen-bond acceptors (Lipinski definition) is 4. The van der Waals surface area contributed by atoms with E-state index < -0.39 is 17.3 Å². The molecule has 0 bridgehead atoms. The minimum absolute atomic E-state index is 0.152. The average molecular weight is 495 g/mol. The highest BCUT2D eigenvalue weighted by atomic mass is 16.6. The van der Waals surface area contributed by atoms with E-state index >= 15 is 0 Å². The van der Waals surface area contributed by atoms with Crippen LogP contribution in [0.4, 0.5) is 0 Å². The molecular weight excluding hydrogens is 460 g/mol. The smallest absolute Gasteiger partial charge is 0.169 e. The van der Waals surface area contributed by atoms with Crippen molar-refractivity contribution in [3.63, 3.8) is 0 Å². The normalized spacial score (nSPS) is 32.4. The van der Waals surface area contributed by atoms with Gasteiger partial charge in [-0.05, 0) is 66.2 Å². The fourth-order valence-electron chi connectivity index (χ4n) is 7.20. The summed E-state index contributed by atoms with van der Waals surface area (Å²) in [6.07, 6.45) is 6.26. The van der Waals surface area contributed by atoms with Crippen molar-refractivity contribution in [3.8, 4) is 5.75 Å². The fraction of sp³-hybridized carbons (Fsp3) is 0.364. The van der Waals surface area contributed by atoms with Crippen LogP contribution in [0, 0.1) is 11.3 Å². The number of carbonyl (C=O) groups is 1. The van der Waals surface area contributed by atoms with E-state index in [0.717, 1.165) is 47.3 Å². The fourth-order valence-corrected chi connectivity index (χ4v) is 7.20. The molecule has 190 valence electrons. The van der Waals surface area contributed by atoms with Crippen LogP contribution in [0.5, 0.6) is 5.75 Å². The van der Waals surface area contributed by atoms with Crippen molar-refractivity contribution >= 4 is 11.9 Å². The molecule has 3 aromatic carbocycles. The van der Waals surface area contributed by atoms with Crippen LogP contribution in [0.2, 0.25) is 0 Å². The summed E-state index contributed by atoms with van der Waals surface area (Å²) in [5.74, 6) is -0.656. The number of aliphatic hydroxyl groups is 1. The number of methoxy groups -OCH3 is 1. The molecule has 1 spiro atoms. The molecule has 6 rings (SSSR count). The van der Waals surface area contributed by atoms with Crippen LogP contribution in [-0.4, -0.2) is 23.8 Å². The molecule has 4 nitrogen and oxygen atoms in total. The zero-order chi connectivity index (χ0) is 25.5. The SMILES string of the molecule is COc1ccc([C@@H]2[C@@H]3CCCC[C@]3(O)O[C@H](c3ccccc3)[C@@]23CC/C(=C\c2ccccc2)C3=O)cc1. The van der Waals surface area contributed by atoms with Crippen molar-refractivity contribution in [1.82, 2.24) is 0 Å². The minimum Gasteiger partial charge on any atom is -0.497 e. The monoisotopic (exact) mass is 494 g/mol. The highest BCUT2D eigenvalue weighted by Gasteiger charge is 2.66. The van der Waals surface area contributed by atoms with E-state index in [1.54, 1.807) is 7.11 Å². The van der Waals surface area contributed by atoms with Gasteiger partial charge >= 0.3 is 0 Å². The van der Waals surface area contributed by atoms with Crippen LogP contribution in [0.1, 0.15) is 67.2 Å². The van der Waals surface area contributed by atoms with Gasteiger partial charge in [-0.15, -0.1) is 0 Å². The Kier molecular flexibility index (Phi) is 6.26. The van der Waals surface area contributed by atoms with Gasteiger partial charge in [-0.3, -0.25) is 4.79 Å². The molecule has 37 heavy (non-hydrogen) atoms. The van der Waals surface area contributed by atoms with Crippen LogP contribution < -0.4 is 4.74 Å². The predicted octanol–water partition coefficient (Wildman–Crippen LogP) is 6.86. The van der Waals surface area contributed by atoms with Gasteiger partial charge in [0.2, 0.25) is 0 Å².